The summed E-state index contributed by atoms with van der Waals surface area (Å²) in [5, 5.41) is 14.4. The average Bonchev–Trinajstić information content (AvgIpc) is 3.56. The number of aromatic nitrogens is 2. The maximum absolute atomic E-state index is 13.2. The molecule has 1 aliphatic carbocycles. The Balaban J connectivity index is 1.35. The van der Waals surface area contributed by atoms with Gasteiger partial charge in [-0.2, -0.15) is 5.26 Å². The summed E-state index contributed by atoms with van der Waals surface area (Å²) in [5.41, 5.74) is 5.24. The molecule has 1 saturated heterocycles. The second kappa shape index (κ2) is 7.88. The Kier molecular flexibility index (Phi) is 4.89. The smallest absolute Gasteiger partial charge is 0.270 e. The highest BCUT2D eigenvalue weighted by Gasteiger charge is 2.37. The van der Waals surface area contributed by atoms with E-state index in [2.05, 4.69) is 42.3 Å². The van der Waals surface area contributed by atoms with E-state index in [4.69, 9.17) is 9.40 Å². The fraction of sp³-hybridized carbons (Fsp3) is 0.393. The molecule has 0 spiro atoms. The topological polar surface area (TPSA) is 87.1 Å². The lowest BCUT2D eigenvalue weighted by Gasteiger charge is -2.39. The molecule has 1 N–H and O–H groups in total. The Hall–Kier alpha value is -3.79. The summed E-state index contributed by atoms with van der Waals surface area (Å²) in [6.45, 7) is 5.69. The standard InChI is InChI=1S/C28H29N5O2/c1-17-4-9-24-22(14-17)31-27(35-24)28(2)10-12-33(13-11-28)25-20-8-7-19(30-18-5-6-18)15-23(20)32(3)26(34)21(25)16-29/h4,7-9,14-15,18,30H,5-6,10-13H2,1-3H3. The molecule has 7 heteroatoms. The van der Waals surface area contributed by atoms with Gasteiger partial charge in [0.2, 0.25) is 5.89 Å². The van der Waals surface area contributed by atoms with Crippen LogP contribution in [0.5, 0.6) is 0 Å². The molecule has 178 valence electrons. The fourth-order valence-electron chi connectivity index (χ4n) is 5.24. The van der Waals surface area contributed by atoms with Crippen LogP contribution in [-0.4, -0.2) is 28.7 Å². The number of nitrogens with zero attached hydrogens (tertiary/aromatic N) is 4. The Labute approximate surface area is 204 Å². The zero-order chi connectivity index (χ0) is 24.3. The molecule has 0 atom stereocenters. The van der Waals surface area contributed by atoms with Crippen LogP contribution < -0.4 is 15.8 Å². The fourth-order valence-corrected chi connectivity index (χ4v) is 5.24. The number of fused-ring (bicyclic) bond motifs is 2. The molecule has 0 radical (unpaired) electrons. The van der Waals surface area contributed by atoms with Gasteiger partial charge in [-0.15, -0.1) is 0 Å². The molecule has 7 nitrogen and oxygen atoms in total. The molecule has 1 saturated carbocycles. The average molecular weight is 468 g/mol. The number of benzene rings is 2. The number of nitriles is 1. The molecule has 6 rings (SSSR count). The van der Waals surface area contributed by atoms with E-state index in [9.17, 15) is 10.1 Å². The second-order valence-electron chi connectivity index (χ2n) is 10.4. The molecule has 0 unspecified atom stereocenters. The first kappa shape index (κ1) is 21.7. The lowest BCUT2D eigenvalue weighted by atomic mass is 9.80. The largest absolute Gasteiger partial charge is 0.440 e. The van der Waals surface area contributed by atoms with Gasteiger partial charge in [-0.05, 0) is 68.5 Å². The van der Waals surface area contributed by atoms with Gasteiger partial charge >= 0.3 is 0 Å². The molecule has 35 heavy (non-hydrogen) atoms. The van der Waals surface area contributed by atoms with Crippen molar-refractivity contribution in [3.63, 3.8) is 0 Å². The van der Waals surface area contributed by atoms with E-state index in [1.807, 2.05) is 24.3 Å². The molecule has 3 heterocycles. The number of aryl methyl sites for hydroxylation is 2. The summed E-state index contributed by atoms with van der Waals surface area (Å²) in [7, 11) is 1.75. The van der Waals surface area contributed by atoms with Crippen LogP contribution in [0.15, 0.2) is 45.6 Å². The van der Waals surface area contributed by atoms with E-state index >= 15 is 0 Å². The van der Waals surface area contributed by atoms with Gasteiger partial charge in [-0.1, -0.05) is 13.0 Å². The van der Waals surface area contributed by atoms with Crippen LogP contribution in [0.1, 0.15) is 49.6 Å². The quantitative estimate of drug-likeness (QED) is 0.455. The first-order valence-corrected chi connectivity index (χ1v) is 12.3. The maximum Gasteiger partial charge on any atom is 0.270 e. The number of piperidine rings is 1. The molecule has 2 aromatic carbocycles. The van der Waals surface area contributed by atoms with Gasteiger partial charge in [-0.3, -0.25) is 4.79 Å². The minimum Gasteiger partial charge on any atom is -0.440 e. The van der Waals surface area contributed by atoms with Crippen molar-refractivity contribution < 1.29 is 4.42 Å². The van der Waals surface area contributed by atoms with Crippen LogP contribution in [0.25, 0.3) is 22.0 Å². The summed E-state index contributed by atoms with van der Waals surface area (Å²) in [6.07, 6.45) is 4.01. The third-order valence-corrected chi connectivity index (χ3v) is 7.67. The molecule has 1 aliphatic heterocycles. The van der Waals surface area contributed by atoms with Crippen LogP contribution in [0.4, 0.5) is 11.4 Å². The third kappa shape index (κ3) is 3.65. The van der Waals surface area contributed by atoms with E-state index < -0.39 is 0 Å². The number of oxazole rings is 1. The SMILES string of the molecule is Cc1ccc2oc(C3(C)CCN(c4c(C#N)c(=O)n(C)c5cc(NC6CC6)ccc45)CC3)nc2c1. The van der Waals surface area contributed by atoms with Crippen molar-refractivity contribution in [3.8, 4) is 6.07 Å². The van der Waals surface area contributed by atoms with E-state index in [0.717, 1.165) is 57.7 Å². The molecule has 0 bridgehead atoms. The molecule has 2 fully saturated rings. The van der Waals surface area contributed by atoms with Crippen LogP contribution in [0.2, 0.25) is 0 Å². The highest BCUT2D eigenvalue weighted by atomic mass is 16.3. The number of hydrogen-bond acceptors (Lipinski definition) is 6. The van der Waals surface area contributed by atoms with Crippen LogP contribution in [-0.2, 0) is 12.5 Å². The summed E-state index contributed by atoms with van der Waals surface area (Å²) in [6, 6.07) is 15.0. The number of anilines is 2. The van der Waals surface area contributed by atoms with Gasteiger partial charge < -0.3 is 19.2 Å². The summed E-state index contributed by atoms with van der Waals surface area (Å²) >= 11 is 0. The third-order valence-electron chi connectivity index (χ3n) is 7.67. The minimum absolute atomic E-state index is 0.201. The Morgan fingerprint density at radius 3 is 2.66 bits per heavy atom. The predicted molar refractivity (Wildman–Crippen MR) is 138 cm³/mol. The van der Waals surface area contributed by atoms with E-state index in [0.29, 0.717) is 19.1 Å². The monoisotopic (exact) mass is 467 g/mol. The minimum atomic E-state index is -0.249. The van der Waals surface area contributed by atoms with E-state index in [-0.39, 0.29) is 16.5 Å². The zero-order valence-electron chi connectivity index (χ0n) is 20.4. The van der Waals surface area contributed by atoms with Crippen molar-refractivity contribution in [2.75, 3.05) is 23.3 Å². The first-order chi connectivity index (χ1) is 16.9. The Morgan fingerprint density at radius 1 is 1.17 bits per heavy atom. The molecule has 0 amide bonds. The van der Waals surface area contributed by atoms with Gasteiger partial charge in [-0.25, -0.2) is 4.98 Å². The Bertz CT molecular complexity index is 1560. The number of pyridine rings is 1. The lowest BCUT2D eigenvalue weighted by molar-refractivity contribution is 0.292. The summed E-state index contributed by atoms with van der Waals surface area (Å²) in [4.78, 5) is 20.2. The van der Waals surface area contributed by atoms with Crippen molar-refractivity contribution in [2.45, 2.75) is 51.0 Å². The number of rotatable bonds is 4. The van der Waals surface area contributed by atoms with Gasteiger partial charge in [0.15, 0.2) is 5.58 Å². The van der Waals surface area contributed by atoms with Crippen LogP contribution in [0, 0.1) is 18.3 Å². The van der Waals surface area contributed by atoms with Crippen LogP contribution >= 0.6 is 0 Å². The van der Waals surface area contributed by atoms with Crippen molar-refractivity contribution in [2.24, 2.45) is 7.05 Å². The molecular formula is C28H29N5O2. The van der Waals surface area contributed by atoms with Gasteiger partial charge in [0.25, 0.3) is 5.56 Å². The highest BCUT2D eigenvalue weighted by molar-refractivity contribution is 5.96. The first-order valence-electron chi connectivity index (χ1n) is 12.3. The summed E-state index contributed by atoms with van der Waals surface area (Å²) < 4.78 is 7.77. The number of hydrogen-bond donors (Lipinski definition) is 1. The predicted octanol–water partition coefficient (Wildman–Crippen LogP) is 4.99. The lowest BCUT2D eigenvalue weighted by Crippen LogP contribution is -2.42. The highest BCUT2D eigenvalue weighted by Crippen LogP contribution is 2.40. The molecular weight excluding hydrogens is 438 g/mol. The van der Waals surface area contributed by atoms with Gasteiger partial charge in [0, 0.05) is 42.7 Å². The Morgan fingerprint density at radius 2 is 1.94 bits per heavy atom. The van der Waals surface area contributed by atoms with Crippen LogP contribution in [0.3, 0.4) is 0 Å². The maximum atomic E-state index is 13.2. The normalized spacial score (nSPS) is 17.6. The summed E-state index contributed by atoms with van der Waals surface area (Å²) in [5.74, 6) is 0.767. The second-order valence-corrected chi connectivity index (χ2v) is 10.4. The zero-order valence-corrected chi connectivity index (χ0v) is 20.4. The van der Waals surface area contributed by atoms with Crippen molar-refractivity contribution >= 4 is 33.4 Å². The molecule has 2 aliphatic rings. The molecule has 2 aromatic heterocycles. The van der Waals surface area contributed by atoms with Crippen molar-refractivity contribution in [1.29, 1.82) is 5.26 Å². The number of nitrogens with one attached hydrogen (secondary N) is 1. The van der Waals surface area contributed by atoms with Crippen molar-refractivity contribution in [1.82, 2.24) is 9.55 Å². The van der Waals surface area contributed by atoms with Gasteiger partial charge in [0.05, 0.1) is 11.2 Å². The van der Waals surface area contributed by atoms with Crippen molar-refractivity contribution in [3.05, 3.63) is 63.8 Å². The van der Waals surface area contributed by atoms with E-state index in [1.165, 1.54) is 12.8 Å². The van der Waals surface area contributed by atoms with E-state index in [1.54, 1.807) is 11.6 Å². The van der Waals surface area contributed by atoms with Gasteiger partial charge in [0.1, 0.15) is 17.1 Å². The molecule has 4 aromatic rings.